The van der Waals surface area contributed by atoms with Crippen molar-refractivity contribution in [1.29, 1.82) is 0 Å². The van der Waals surface area contributed by atoms with E-state index in [0.29, 0.717) is 36.7 Å². The van der Waals surface area contributed by atoms with Crippen molar-refractivity contribution in [3.8, 4) is 0 Å². The molecule has 72 heavy (non-hydrogen) atoms. The Kier molecular flexibility index (Phi) is 21.0. The van der Waals surface area contributed by atoms with E-state index in [2.05, 4.69) is 95.2 Å². The zero-order valence-corrected chi connectivity index (χ0v) is 46.6. The van der Waals surface area contributed by atoms with Gasteiger partial charge in [0.25, 0.3) is 0 Å². The first-order valence-corrected chi connectivity index (χ1v) is 28.3. The first-order chi connectivity index (χ1) is 34.3. The molecule has 0 saturated carbocycles. The molecule has 0 atom stereocenters. The van der Waals surface area contributed by atoms with E-state index in [1.807, 2.05) is 45.0 Å². The van der Waals surface area contributed by atoms with Gasteiger partial charge in [-0.15, -0.1) is 0 Å². The Morgan fingerprint density at radius 3 is 1.18 bits per heavy atom. The summed E-state index contributed by atoms with van der Waals surface area (Å²) in [5.74, 6) is 8.05. The van der Waals surface area contributed by atoms with Crippen LogP contribution in [0.2, 0.25) is 0 Å². The molecular formula is C58H95N9O5. The van der Waals surface area contributed by atoms with Crippen LogP contribution in [0.25, 0.3) is 0 Å². The van der Waals surface area contributed by atoms with Gasteiger partial charge in [-0.2, -0.15) is 0 Å². The quantitative estimate of drug-likeness (QED) is 0.252. The van der Waals surface area contributed by atoms with Gasteiger partial charge in [-0.25, -0.2) is 14.8 Å². The lowest BCUT2D eigenvalue weighted by Gasteiger charge is -2.38. The number of amides is 4. The second kappa shape index (κ2) is 26.6. The largest absolute Gasteiger partial charge is 0.444 e. The van der Waals surface area contributed by atoms with Gasteiger partial charge in [0.05, 0.1) is 11.9 Å². The van der Waals surface area contributed by atoms with Crippen molar-refractivity contribution in [2.45, 2.75) is 159 Å². The number of pyridine rings is 1. The van der Waals surface area contributed by atoms with E-state index >= 15 is 0 Å². The summed E-state index contributed by atoms with van der Waals surface area (Å²) < 4.78 is 5.42. The smallest absolute Gasteiger partial charge is 0.410 e. The molecule has 2 aromatic heterocycles. The molecule has 2 aromatic rings. The molecule has 6 aliphatic heterocycles. The van der Waals surface area contributed by atoms with Crippen molar-refractivity contribution in [3.63, 3.8) is 0 Å². The summed E-state index contributed by atoms with van der Waals surface area (Å²) in [4.78, 5) is 76.3. The number of carbonyl (C=O) groups excluding carboxylic acids is 4. The topological polar surface area (TPSA) is 136 Å². The zero-order chi connectivity index (χ0) is 52.1. The maximum absolute atomic E-state index is 12.8. The van der Waals surface area contributed by atoms with Gasteiger partial charge in [-0.3, -0.25) is 19.4 Å². The number of aryl methyl sites for hydroxylation is 2. The summed E-state index contributed by atoms with van der Waals surface area (Å²) in [6, 6.07) is 4.20. The molecule has 8 heterocycles. The highest BCUT2D eigenvalue weighted by molar-refractivity contribution is 5.80. The van der Waals surface area contributed by atoms with Gasteiger partial charge in [-0.05, 0) is 159 Å². The van der Waals surface area contributed by atoms with E-state index in [9.17, 15) is 19.2 Å². The van der Waals surface area contributed by atoms with Gasteiger partial charge in [0.2, 0.25) is 17.7 Å². The van der Waals surface area contributed by atoms with Crippen LogP contribution in [0, 0.1) is 67.1 Å². The number of ether oxygens (including phenoxy) is 1. The van der Waals surface area contributed by atoms with E-state index in [1.165, 1.54) is 31.2 Å². The molecule has 8 rings (SSSR count). The molecule has 0 bridgehead atoms. The fourth-order valence-electron chi connectivity index (χ4n) is 11.7. The predicted molar refractivity (Wildman–Crippen MR) is 289 cm³/mol. The van der Waals surface area contributed by atoms with E-state index in [1.54, 1.807) is 11.1 Å². The van der Waals surface area contributed by atoms with E-state index in [-0.39, 0.29) is 23.8 Å². The maximum Gasteiger partial charge on any atom is 0.410 e. The van der Waals surface area contributed by atoms with Gasteiger partial charge >= 0.3 is 6.09 Å². The lowest BCUT2D eigenvalue weighted by atomic mass is 9.86. The molecule has 6 saturated heterocycles. The van der Waals surface area contributed by atoms with Crippen LogP contribution in [0.5, 0.6) is 0 Å². The molecule has 0 aliphatic carbocycles. The molecule has 4 amide bonds. The monoisotopic (exact) mass is 998 g/mol. The van der Waals surface area contributed by atoms with Gasteiger partial charge in [0.15, 0.2) is 0 Å². The second-order valence-corrected chi connectivity index (χ2v) is 24.2. The van der Waals surface area contributed by atoms with Crippen LogP contribution in [0.4, 0.5) is 16.4 Å². The van der Waals surface area contributed by atoms with Crippen LogP contribution in [0.3, 0.4) is 0 Å². The molecule has 6 fully saturated rings. The minimum Gasteiger partial charge on any atom is -0.444 e. The van der Waals surface area contributed by atoms with E-state index in [4.69, 9.17) is 4.74 Å². The van der Waals surface area contributed by atoms with Crippen LogP contribution in [0.1, 0.15) is 151 Å². The van der Waals surface area contributed by atoms with Gasteiger partial charge < -0.3 is 34.1 Å². The Balaban J connectivity index is 0.000000176. The molecule has 0 unspecified atom stereocenters. The lowest BCUT2D eigenvalue weighted by Crippen LogP contribution is -2.47. The number of likely N-dealkylation sites (tertiary alicyclic amines) is 4. The highest BCUT2D eigenvalue weighted by Crippen LogP contribution is 2.32. The molecule has 14 heteroatoms. The number of hydrogen-bond acceptors (Lipinski definition) is 10. The van der Waals surface area contributed by atoms with Gasteiger partial charge in [0, 0.05) is 109 Å². The highest BCUT2D eigenvalue weighted by Gasteiger charge is 2.36. The number of nitrogens with zero attached hydrogens (tertiary/aromatic N) is 9. The zero-order valence-electron chi connectivity index (χ0n) is 46.6. The van der Waals surface area contributed by atoms with Crippen LogP contribution in [-0.4, -0.2) is 143 Å². The van der Waals surface area contributed by atoms with Crippen molar-refractivity contribution in [1.82, 2.24) is 34.6 Å². The Labute approximate surface area is 434 Å². The number of piperidine rings is 6. The third-order valence-electron chi connectivity index (χ3n) is 16.9. The van der Waals surface area contributed by atoms with Crippen LogP contribution in [-0.2, 0) is 19.1 Å². The number of rotatable bonds is 8. The molecule has 0 radical (unpaired) electrons. The average Bonchev–Trinajstić information content (AvgIpc) is 3.38. The predicted octanol–water partition coefficient (Wildman–Crippen LogP) is 9.93. The Morgan fingerprint density at radius 2 is 0.847 bits per heavy atom. The van der Waals surface area contributed by atoms with E-state index < -0.39 is 5.60 Å². The number of hydrogen-bond donors (Lipinski definition) is 0. The normalized spacial score (nSPS) is 20.9. The fourth-order valence-corrected chi connectivity index (χ4v) is 11.7. The van der Waals surface area contributed by atoms with Crippen LogP contribution in [0.15, 0.2) is 30.7 Å². The average molecular weight is 998 g/mol. The minimum atomic E-state index is -0.468. The molecule has 0 aromatic carbocycles. The van der Waals surface area contributed by atoms with Crippen LogP contribution < -0.4 is 9.80 Å². The third-order valence-corrected chi connectivity index (χ3v) is 16.9. The molecule has 402 valence electrons. The molecule has 14 nitrogen and oxygen atoms in total. The number of anilines is 2. The molecule has 0 N–H and O–H groups in total. The Morgan fingerprint density at radius 1 is 0.486 bits per heavy atom. The molecular weight excluding hydrogens is 903 g/mol. The summed E-state index contributed by atoms with van der Waals surface area (Å²) in [7, 11) is 0. The molecule has 6 aliphatic rings. The van der Waals surface area contributed by atoms with Crippen molar-refractivity contribution in [2.75, 3.05) is 88.3 Å². The van der Waals surface area contributed by atoms with Crippen molar-refractivity contribution in [3.05, 3.63) is 42.0 Å². The van der Waals surface area contributed by atoms with Crippen molar-refractivity contribution in [2.24, 2.45) is 53.3 Å². The second-order valence-electron chi connectivity index (χ2n) is 24.2. The standard InChI is InChI=1S/C20H31N3O.C19H30N4O.C19H34N2O3/c1-15(2)17-6-12-23(13-7-17)20(24)18-8-10-22(11-9-18)19-5-4-16(3)14-21-19;1-14(2)16-4-10-23(11-5-16)19(24)17-6-8-22(9-7-17)18-13-20-12-15(3)21-18;1-14(2)15-6-10-20(11-7-15)17(22)16-8-12-21(13-9-16)18(23)24-19(3,4)5/h4-5,14-15,17-18H,6-13H2,1-3H3;12-14,16-17H,4-11H2,1-3H3;14-16H,6-13H2,1-5H3. The lowest BCUT2D eigenvalue weighted by molar-refractivity contribution is -0.139. The Bertz CT molecular complexity index is 1990. The van der Waals surface area contributed by atoms with Gasteiger partial charge in [0.1, 0.15) is 17.2 Å². The van der Waals surface area contributed by atoms with Crippen molar-refractivity contribution < 1.29 is 23.9 Å². The first-order valence-electron chi connectivity index (χ1n) is 28.3. The SMILES string of the molecule is CC(C)C1CCN(C(=O)C2CCN(C(=O)OC(C)(C)C)CC2)CC1.Cc1ccc(N2CCC(C(=O)N3CCC(C(C)C)CC3)CC2)nc1.Cc1cncc(N2CCC(C(=O)N3CCC(C(C)C)CC3)CC2)n1. The number of aromatic nitrogens is 3. The van der Waals surface area contributed by atoms with E-state index in [0.717, 1.165) is 164 Å². The van der Waals surface area contributed by atoms with Gasteiger partial charge in [-0.1, -0.05) is 47.6 Å². The minimum absolute atomic E-state index is 0.0688. The van der Waals surface area contributed by atoms with Crippen LogP contribution >= 0.6 is 0 Å². The summed E-state index contributed by atoms with van der Waals surface area (Å²) >= 11 is 0. The first kappa shape index (κ1) is 56.8. The highest BCUT2D eigenvalue weighted by atomic mass is 16.6. The summed E-state index contributed by atoms with van der Waals surface area (Å²) in [5, 5.41) is 0. The summed E-state index contributed by atoms with van der Waals surface area (Å²) in [5.41, 5.74) is 1.66. The summed E-state index contributed by atoms with van der Waals surface area (Å²) in [6.45, 7) is 33.9. The maximum atomic E-state index is 12.8. The fraction of sp³-hybridized carbons (Fsp3) is 0.776. The molecule has 0 spiro atoms. The third kappa shape index (κ3) is 16.5. The number of carbonyl (C=O) groups is 4. The Hall–Kier alpha value is -4.49. The summed E-state index contributed by atoms with van der Waals surface area (Å²) in [6.07, 6.45) is 17.5. The van der Waals surface area contributed by atoms with Crippen molar-refractivity contribution >= 4 is 35.5 Å².